The van der Waals surface area contributed by atoms with Crippen LogP contribution in [0.4, 0.5) is 5.69 Å². The summed E-state index contributed by atoms with van der Waals surface area (Å²) in [5.41, 5.74) is 0.488. The van der Waals surface area contributed by atoms with Crippen molar-refractivity contribution in [2.45, 2.75) is 25.5 Å². The van der Waals surface area contributed by atoms with Crippen molar-refractivity contribution in [1.82, 2.24) is 0 Å². The molecule has 0 atom stereocenters. The molecular weight excluding hydrogens is 322 g/mol. The second kappa shape index (κ2) is 6.99. The largest absolute Gasteiger partial charge is 0.482 e. The SMILES string of the molecule is CN(C(=O)CS(=O)(=O)C(C)(C)C)c1ccc(OCC(=O)O)cc1. The van der Waals surface area contributed by atoms with Crippen molar-refractivity contribution in [3.63, 3.8) is 0 Å². The topological polar surface area (TPSA) is 101 Å². The van der Waals surface area contributed by atoms with Gasteiger partial charge >= 0.3 is 5.97 Å². The molecule has 8 heteroatoms. The second-order valence-electron chi connectivity index (χ2n) is 6.00. The molecule has 0 unspecified atom stereocenters. The normalized spacial score (nSPS) is 11.8. The number of aliphatic carboxylic acids is 1. The zero-order chi connectivity index (χ0) is 17.8. The Bertz CT molecular complexity index is 673. The van der Waals surface area contributed by atoms with E-state index in [-0.39, 0.29) is 0 Å². The lowest BCUT2D eigenvalue weighted by atomic mass is 10.3. The van der Waals surface area contributed by atoms with Gasteiger partial charge in [-0.15, -0.1) is 0 Å². The number of nitrogens with zero attached hydrogens (tertiary/aromatic N) is 1. The van der Waals surface area contributed by atoms with Crippen molar-refractivity contribution in [3.8, 4) is 5.75 Å². The molecule has 0 fully saturated rings. The first-order chi connectivity index (χ1) is 10.4. The average Bonchev–Trinajstić information content (AvgIpc) is 2.43. The summed E-state index contributed by atoms with van der Waals surface area (Å²) in [4.78, 5) is 23.8. The number of carboxylic acids is 1. The summed E-state index contributed by atoms with van der Waals surface area (Å²) in [5, 5.41) is 8.53. The summed E-state index contributed by atoms with van der Waals surface area (Å²) in [6, 6.07) is 6.14. The molecule has 1 rings (SSSR count). The highest BCUT2D eigenvalue weighted by Crippen LogP contribution is 2.21. The molecule has 0 spiro atoms. The van der Waals surface area contributed by atoms with E-state index >= 15 is 0 Å². The van der Waals surface area contributed by atoms with Crippen LogP contribution in [0.2, 0.25) is 0 Å². The number of benzene rings is 1. The van der Waals surface area contributed by atoms with E-state index in [0.717, 1.165) is 0 Å². The van der Waals surface area contributed by atoms with Crippen LogP contribution in [0, 0.1) is 0 Å². The smallest absolute Gasteiger partial charge is 0.341 e. The van der Waals surface area contributed by atoms with Gasteiger partial charge in [0.1, 0.15) is 11.5 Å². The van der Waals surface area contributed by atoms with Crippen LogP contribution in [0.1, 0.15) is 20.8 Å². The van der Waals surface area contributed by atoms with Crippen molar-refractivity contribution >= 4 is 27.4 Å². The highest BCUT2D eigenvalue weighted by molar-refractivity contribution is 7.93. The van der Waals surface area contributed by atoms with Crippen LogP contribution in [-0.4, -0.2) is 49.6 Å². The Morgan fingerprint density at radius 3 is 2.13 bits per heavy atom. The van der Waals surface area contributed by atoms with Gasteiger partial charge < -0.3 is 14.7 Å². The zero-order valence-corrected chi connectivity index (χ0v) is 14.4. The van der Waals surface area contributed by atoms with Crippen molar-refractivity contribution < 1.29 is 27.9 Å². The number of rotatable bonds is 6. The molecule has 7 nitrogen and oxygen atoms in total. The number of hydrogen-bond donors (Lipinski definition) is 1. The van der Waals surface area contributed by atoms with Gasteiger partial charge in [-0.25, -0.2) is 13.2 Å². The molecule has 23 heavy (non-hydrogen) atoms. The Kier molecular flexibility index (Phi) is 5.76. The van der Waals surface area contributed by atoms with E-state index in [1.165, 1.54) is 24.1 Å². The fourth-order valence-electron chi connectivity index (χ4n) is 1.53. The maximum absolute atomic E-state index is 12.1. The molecule has 0 aromatic heterocycles. The lowest BCUT2D eigenvalue weighted by Crippen LogP contribution is -2.39. The lowest BCUT2D eigenvalue weighted by molar-refractivity contribution is -0.139. The van der Waals surface area contributed by atoms with E-state index in [4.69, 9.17) is 9.84 Å². The number of carbonyl (C=O) groups excluding carboxylic acids is 1. The molecule has 0 aliphatic carbocycles. The number of carbonyl (C=O) groups is 2. The van der Waals surface area contributed by atoms with E-state index in [2.05, 4.69) is 0 Å². The average molecular weight is 343 g/mol. The van der Waals surface area contributed by atoms with E-state index in [0.29, 0.717) is 11.4 Å². The number of hydrogen-bond acceptors (Lipinski definition) is 5. The summed E-state index contributed by atoms with van der Waals surface area (Å²) in [5.74, 6) is -1.86. The highest BCUT2D eigenvalue weighted by Gasteiger charge is 2.32. The van der Waals surface area contributed by atoms with E-state index in [9.17, 15) is 18.0 Å². The standard InChI is InChI=1S/C15H21NO6S/c1-15(2,3)23(20,21)10-13(17)16(4)11-5-7-12(8-6-11)22-9-14(18)19/h5-8H,9-10H2,1-4H3,(H,18,19). The number of anilines is 1. The van der Waals surface area contributed by atoms with Crippen molar-refractivity contribution in [3.05, 3.63) is 24.3 Å². The summed E-state index contributed by atoms with van der Waals surface area (Å²) >= 11 is 0. The molecule has 1 N–H and O–H groups in total. The van der Waals surface area contributed by atoms with E-state index < -0.39 is 38.8 Å². The van der Waals surface area contributed by atoms with Crippen molar-refractivity contribution in [1.29, 1.82) is 0 Å². The summed E-state index contributed by atoms with van der Waals surface area (Å²) in [6.07, 6.45) is 0. The first kappa shape index (κ1) is 19.0. The predicted molar refractivity (Wildman–Crippen MR) is 86.5 cm³/mol. The Labute approximate surface area is 135 Å². The van der Waals surface area contributed by atoms with Crippen LogP contribution in [0.25, 0.3) is 0 Å². The number of carboxylic acid groups (broad SMARTS) is 1. The fourth-order valence-corrected chi connectivity index (χ4v) is 2.48. The van der Waals surface area contributed by atoms with Crippen molar-refractivity contribution in [2.24, 2.45) is 0 Å². The summed E-state index contributed by atoms with van der Waals surface area (Å²) in [6.45, 7) is 4.18. The van der Waals surface area contributed by atoms with Crippen molar-refractivity contribution in [2.75, 3.05) is 24.3 Å². The molecule has 1 amide bonds. The van der Waals surface area contributed by atoms with Gasteiger partial charge in [0.15, 0.2) is 16.4 Å². The van der Waals surface area contributed by atoms with Crippen LogP contribution < -0.4 is 9.64 Å². The van der Waals surface area contributed by atoms with Crippen LogP contribution in [0.15, 0.2) is 24.3 Å². The Morgan fingerprint density at radius 2 is 1.70 bits per heavy atom. The van der Waals surface area contributed by atoms with Gasteiger partial charge in [-0.05, 0) is 45.0 Å². The Hall–Kier alpha value is -2.09. The van der Waals surface area contributed by atoms with E-state index in [1.54, 1.807) is 32.9 Å². The van der Waals surface area contributed by atoms with Crippen LogP contribution in [0.3, 0.4) is 0 Å². The third kappa shape index (κ3) is 5.24. The van der Waals surface area contributed by atoms with E-state index in [1.807, 2.05) is 0 Å². The molecule has 1 aromatic carbocycles. The third-order valence-corrected chi connectivity index (χ3v) is 5.70. The molecular formula is C15H21NO6S. The highest BCUT2D eigenvalue weighted by atomic mass is 32.2. The van der Waals surface area contributed by atoms with Gasteiger partial charge in [0.05, 0.1) is 4.75 Å². The monoisotopic (exact) mass is 343 g/mol. The molecule has 0 bridgehead atoms. The van der Waals surface area contributed by atoms with Gasteiger partial charge in [0.2, 0.25) is 5.91 Å². The molecule has 128 valence electrons. The summed E-state index contributed by atoms with van der Waals surface area (Å²) in [7, 11) is -2.08. The Balaban J connectivity index is 2.79. The maximum Gasteiger partial charge on any atom is 0.341 e. The minimum Gasteiger partial charge on any atom is -0.482 e. The molecule has 0 radical (unpaired) electrons. The van der Waals surface area contributed by atoms with Gasteiger partial charge in [-0.2, -0.15) is 0 Å². The van der Waals surface area contributed by atoms with Gasteiger partial charge in [-0.1, -0.05) is 0 Å². The molecule has 0 aliphatic rings. The Morgan fingerprint density at radius 1 is 1.17 bits per heavy atom. The van der Waals surface area contributed by atoms with Crippen LogP contribution >= 0.6 is 0 Å². The van der Waals surface area contributed by atoms with Gasteiger partial charge in [0, 0.05) is 12.7 Å². The van der Waals surface area contributed by atoms with Crippen LogP contribution in [-0.2, 0) is 19.4 Å². The molecule has 0 saturated carbocycles. The molecule has 0 aliphatic heterocycles. The minimum absolute atomic E-state index is 0.347. The third-order valence-electron chi connectivity index (χ3n) is 3.21. The van der Waals surface area contributed by atoms with Gasteiger partial charge in [0.25, 0.3) is 0 Å². The quantitative estimate of drug-likeness (QED) is 0.836. The molecule has 1 aromatic rings. The minimum atomic E-state index is -3.56. The number of amides is 1. The number of sulfone groups is 1. The predicted octanol–water partition coefficient (Wildman–Crippen LogP) is 1.33. The molecule has 0 saturated heterocycles. The van der Waals surface area contributed by atoms with Gasteiger partial charge in [-0.3, -0.25) is 4.79 Å². The number of ether oxygens (including phenoxy) is 1. The second-order valence-corrected chi connectivity index (χ2v) is 8.74. The molecule has 0 heterocycles. The van der Waals surface area contributed by atoms with Crippen LogP contribution in [0.5, 0.6) is 5.75 Å². The summed E-state index contributed by atoms with van der Waals surface area (Å²) < 4.78 is 28.1. The lowest BCUT2D eigenvalue weighted by Gasteiger charge is -2.22. The fraction of sp³-hybridized carbons (Fsp3) is 0.467. The zero-order valence-electron chi connectivity index (χ0n) is 13.6. The first-order valence-corrected chi connectivity index (χ1v) is 8.53. The first-order valence-electron chi connectivity index (χ1n) is 6.87. The maximum atomic E-state index is 12.1.